The van der Waals surface area contributed by atoms with Gasteiger partial charge in [0, 0.05) is 5.56 Å². The summed E-state index contributed by atoms with van der Waals surface area (Å²) < 4.78 is 75.8. The van der Waals surface area contributed by atoms with Gasteiger partial charge in [-0.2, -0.15) is 26.3 Å². The van der Waals surface area contributed by atoms with Gasteiger partial charge in [0.2, 0.25) is 0 Å². The Morgan fingerprint density at radius 3 is 1.91 bits per heavy atom. The minimum absolute atomic E-state index is 0.00843. The molecule has 0 aliphatic carbocycles. The second-order valence-electron chi connectivity index (χ2n) is 4.50. The Kier molecular flexibility index (Phi) is 4.00. The molecule has 0 saturated heterocycles. The van der Waals surface area contributed by atoms with Gasteiger partial charge in [-0.05, 0) is 35.4 Å². The van der Waals surface area contributed by atoms with E-state index in [0.717, 1.165) is 30.3 Å². The van der Waals surface area contributed by atoms with Crippen molar-refractivity contribution in [3.05, 3.63) is 59.2 Å². The minimum atomic E-state index is -4.63. The van der Waals surface area contributed by atoms with Crippen LogP contribution in [0, 0.1) is 0 Å². The van der Waals surface area contributed by atoms with Gasteiger partial charge in [0.15, 0.2) is 6.29 Å². The second kappa shape index (κ2) is 5.47. The smallest absolute Gasteiger partial charge is 0.298 e. The maximum atomic E-state index is 12.7. The Morgan fingerprint density at radius 1 is 0.773 bits per heavy atom. The first kappa shape index (κ1) is 16.1. The van der Waals surface area contributed by atoms with Crippen molar-refractivity contribution in [1.82, 2.24) is 0 Å². The Morgan fingerprint density at radius 2 is 1.36 bits per heavy atom. The van der Waals surface area contributed by atoms with E-state index in [9.17, 15) is 31.1 Å². The molecule has 0 amide bonds. The van der Waals surface area contributed by atoms with Gasteiger partial charge >= 0.3 is 12.4 Å². The molecular weight excluding hydrogens is 310 g/mol. The number of alkyl halides is 6. The zero-order valence-electron chi connectivity index (χ0n) is 10.8. The molecule has 22 heavy (non-hydrogen) atoms. The van der Waals surface area contributed by atoms with Crippen molar-refractivity contribution >= 4 is 6.29 Å². The fourth-order valence-corrected chi connectivity index (χ4v) is 1.96. The first-order valence-corrected chi connectivity index (χ1v) is 5.97. The van der Waals surface area contributed by atoms with Crippen LogP contribution in [0.4, 0.5) is 26.3 Å². The van der Waals surface area contributed by atoms with E-state index < -0.39 is 23.5 Å². The topological polar surface area (TPSA) is 17.1 Å². The summed E-state index contributed by atoms with van der Waals surface area (Å²) in [7, 11) is 0. The predicted molar refractivity (Wildman–Crippen MR) is 67.3 cm³/mol. The molecule has 0 bridgehead atoms. The highest BCUT2D eigenvalue weighted by Crippen LogP contribution is 2.35. The summed E-state index contributed by atoms with van der Waals surface area (Å²) in [6.07, 6.45) is -9.03. The van der Waals surface area contributed by atoms with Crippen LogP contribution in [0.25, 0.3) is 11.1 Å². The number of carbonyl (C=O) groups is 1. The summed E-state index contributed by atoms with van der Waals surface area (Å²) in [5, 5.41) is 0. The fourth-order valence-electron chi connectivity index (χ4n) is 1.96. The van der Waals surface area contributed by atoms with Gasteiger partial charge in [-0.15, -0.1) is 0 Å². The molecule has 0 radical (unpaired) electrons. The van der Waals surface area contributed by atoms with Crippen LogP contribution in [-0.2, 0) is 12.4 Å². The molecule has 2 rings (SSSR count). The van der Waals surface area contributed by atoms with Crippen LogP contribution in [0.2, 0.25) is 0 Å². The number of halogens is 6. The highest BCUT2D eigenvalue weighted by Gasteiger charge is 2.32. The summed E-state index contributed by atoms with van der Waals surface area (Å²) in [6, 6.07) is 6.38. The Balaban J connectivity index is 2.56. The first-order chi connectivity index (χ1) is 10.1. The minimum Gasteiger partial charge on any atom is -0.298 e. The SMILES string of the molecule is O=Cc1cc(C(F)(F)F)ccc1-c1cccc(C(F)(F)F)c1. The highest BCUT2D eigenvalue weighted by molar-refractivity contribution is 5.88. The lowest BCUT2D eigenvalue weighted by atomic mass is 9.96. The van der Waals surface area contributed by atoms with E-state index in [0.29, 0.717) is 6.07 Å². The van der Waals surface area contributed by atoms with Crippen LogP contribution in [0.3, 0.4) is 0 Å². The first-order valence-electron chi connectivity index (χ1n) is 5.97. The van der Waals surface area contributed by atoms with Gasteiger partial charge < -0.3 is 0 Å². The van der Waals surface area contributed by atoms with E-state index in [1.807, 2.05) is 0 Å². The summed E-state index contributed by atoms with van der Waals surface area (Å²) >= 11 is 0. The van der Waals surface area contributed by atoms with Crippen LogP contribution in [0.1, 0.15) is 21.5 Å². The van der Waals surface area contributed by atoms with E-state index in [2.05, 4.69) is 0 Å². The van der Waals surface area contributed by atoms with Gasteiger partial charge in [0.25, 0.3) is 0 Å². The van der Waals surface area contributed by atoms with Gasteiger partial charge in [-0.3, -0.25) is 4.79 Å². The molecule has 2 aromatic rings. The van der Waals surface area contributed by atoms with E-state index in [1.54, 1.807) is 0 Å². The summed E-state index contributed by atoms with van der Waals surface area (Å²) in [4.78, 5) is 11.0. The van der Waals surface area contributed by atoms with Crippen molar-refractivity contribution in [1.29, 1.82) is 0 Å². The number of carbonyl (C=O) groups excluding carboxylic acids is 1. The Labute approximate surface area is 121 Å². The lowest BCUT2D eigenvalue weighted by Gasteiger charge is -2.12. The molecule has 2 aromatic carbocycles. The zero-order chi connectivity index (χ0) is 16.5. The van der Waals surface area contributed by atoms with Crippen LogP contribution in [0.5, 0.6) is 0 Å². The van der Waals surface area contributed by atoms with Gasteiger partial charge in [0.1, 0.15) is 0 Å². The Bertz CT molecular complexity index is 700. The molecule has 1 nitrogen and oxygen atoms in total. The van der Waals surface area contributed by atoms with E-state index in [1.165, 1.54) is 6.07 Å². The molecule has 0 spiro atoms. The van der Waals surface area contributed by atoms with Gasteiger partial charge in [-0.1, -0.05) is 18.2 Å². The second-order valence-corrected chi connectivity index (χ2v) is 4.50. The molecule has 0 N–H and O–H groups in total. The number of rotatable bonds is 2. The third kappa shape index (κ3) is 3.29. The van der Waals surface area contributed by atoms with E-state index >= 15 is 0 Å². The van der Waals surface area contributed by atoms with Crippen molar-refractivity contribution in [3.8, 4) is 11.1 Å². The molecular formula is C15H8F6O. The van der Waals surface area contributed by atoms with Crippen LogP contribution < -0.4 is 0 Å². The van der Waals surface area contributed by atoms with Crippen LogP contribution in [0.15, 0.2) is 42.5 Å². The molecule has 0 atom stereocenters. The van der Waals surface area contributed by atoms with Gasteiger partial charge in [-0.25, -0.2) is 0 Å². The predicted octanol–water partition coefficient (Wildman–Crippen LogP) is 5.20. The van der Waals surface area contributed by atoms with Crippen molar-refractivity contribution in [2.75, 3.05) is 0 Å². The summed E-state index contributed by atoms with van der Waals surface area (Å²) in [6.45, 7) is 0. The fraction of sp³-hybridized carbons (Fsp3) is 0.133. The van der Waals surface area contributed by atoms with Crippen molar-refractivity contribution in [3.63, 3.8) is 0 Å². The largest absolute Gasteiger partial charge is 0.416 e. The molecule has 0 fully saturated rings. The summed E-state index contributed by atoms with van der Waals surface area (Å²) in [5.41, 5.74) is -2.28. The number of hydrogen-bond acceptors (Lipinski definition) is 1. The maximum absolute atomic E-state index is 12.7. The number of benzene rings is 2. The molecule has 0 saturated carbocycles. The molecule has 0 heterocycles. The van der Waals surface area contributed by atoms with E-state index in [-0.39, 0.29) is 23.0 Å². The van der Waals surface area contributed by atoms with Crippen molar-refractivity contribution in [2.45, 2.75) is 12.4 Å². The van der Waals surface area contributed by atoms with Gasteiger partial charge in [0.05, 0.1) is 11.1 Å². The molecule has 0 unspecified atom stereocenters. The summed E-state index contributed by atoms with van der Waals surface area (Å²) in [5.74, 6) is 0. The lowest BCUT2D eigenvalue weighted by molar-refractivity contribution is -0.138. The van der Waals surface area contributed by atoms with Crippen LogP contribution >= 0.6 is 0 Å². The average Bonchev–Trinajstić information content (AvgIpc) is 2.45. The quantitative estimate of drug-likeness (QED) is 0.549. The number of hydrogen-bond donors (Lipinski definition) is 0. The normalized spacial score (nSPS) is 12.3. The molecule has 116 valence electrons. The number of aldehydes is 1. The van der Waals surface area contributed by atoms with E-state index in [4.69, 9.17) is 0 Å². The molecule has 0 aromatic heterocycles. The Hall–Kier alpha value is -2.31. The monoisotopic (exact) mass is 318 g/mol. The maximum Gasteiger partial charge on any atom is 0.416 e. The molecule has 7 heteroatoms. The zero-order valence-corrected chi connectivity index (χ0v) is 10.8. The highest BCUT2D eigenvalue weighted by atomic mass is 19.4. The average molecular weight is 318 g/mol. The molecule has 0 aliphatic heterocycles. The third-order valence-corrected chi connectivity index (χ3v) is 3.01. The lowest BCUT2D eigenvalue weighted by Crippen LogP contribution is -2.06. The third-order valence-electron chi connectivity index (χ3n) is 3.01. The van der Waals surface area contributed by atoms with Crippen molar-refractivity contribution < 1.29 is 31.1 Å². The standard InChI is InChI=1S/C15H8F6O/c16-14(17,18)11-3-1-2-9(6-11)13-5-4-12(15(19,20)21)7-10(13)8-22/h1-8H. The van der Waals surface area contributed by atoms with Crippen molar-refractivity contribution in [2.24, 2.45) is 0 Å². The molecule has 0 aliphatic rings. The van der Waals surface area contributed by atoms with Crippen LogP contribution in [-0.4, -0.2) is 6.29 Å².